The first-order valence-electron chi connectivity index (χ1n) is 8.78. The number of benzene rings is 1. The van der Waals surface area contributed by atoms with Crippen LogP contribution >= 0.6 is 0 Å². The van der Waals surface area contributed by atoms with Crippen LogP contribution in [0.3, 0.4) is 0 Å². The van der Waals surface area contributed by atoms with Crippen molar-refractivity contribution in [2.24, 2.45) is 5.41 Å². The van der Waals surface area contributed by atoms with Gasteiger partial charge in [-0.15, -0.1) is 0 Å². The largest absolute Gasteiger partial charge is 0.339 e. The number of aromatic nitrogens is 2. The lowest BCUT2D eigenvalue weighted by molar-refractivity contribution is 0.0656. The molecular formula is C19H26N4O2. The average Bonchev–Trinajstić information content (AvgIpc) is 3.01. The second kappa shape index (κ2) is 6.96. The minimum Gasteiger partial charge on any atom is -0.339 e. The number of nitrogens with one attached hydrogen (secondary N) is 1. The number of carbonyl (C=O) groups is 1. The monoisotopic (exact) mass is 342 g/mol. The van der Waals surface area contributed by atoms with Gasteiger partial charge in [-0.25, -0.2) is 0 Å². The zero-order chi connectivity index (χ0) is 18.0. The predicted octanol–water partition coefficient (Wildman–Crippen LogP) is 2.76. The fourth-order valence-corrected chi connectivity index (χ4v) is 2.97. The molecule has 2 heterocycles. The van der Waals surface area contributed by atoms with E-state index < -0.39 is 0 Å². The van der Waals surface area contributed by atoms with E-state index in [-0.39, 0.29) is 17.4 Å². The molecular weight excluding hydrogens is 316 g/mol. The molecule has 0 unspecified atom stereocenters. The Morgan fingerprint density at radius 3 is 2.68 bits per heavy atom. The third-order valence-electron chi connectivity index (χ3n) is 4.30. The molecule has 1 atom stereocenters. The number of rotatable bonds is 3. The Balaban J connectivity index is 1.73. The summed E-state index contributed by atoms with van der Waals surface area (Å²) in [6.45, 7) is 10.9. The molecule has 1 aliphatic heterocycles. The van der Waals surface area contributed by atoms with Gasteiger partial charge >= 0.3 is 0 Å². The maximum Gasteiger partial charge on any atom is 0.254 e. The molecule has 2 aromatic rings. The van der Waals surface area contributed by atoms with E-state index in [9.17, 15) is 4.79 Å². The molecule has 6 heteroatoms. The molecule has 1 amide bonds. The van der Waals surface area contributed by atoms with Gasteiger partial charge in [0, 0.05) is 43.2 Å². The molecule has 0 spiro atoms. The lowest BCUT2D eigenvalue weighted by Gasteiger charge is -2.34. The average molecular weight is 342 g/mol. The van der Waals surface area contributed by atoms with Crippen molar-refractivity contribution in [3.63, 3.8) is 0 Å². The van der Waals surface area contributed by atoms with E-state index in [0.29, 0.717) is 17.3 Å². The van der Waals surface area contributed by atoms with E-state index in [1.54, 1.807) is 0 Å². The normalized spacial score (nSPS) is 18.4. The van der Waals surface area contributed by atoms with E-state index in [0.717, 1.165) is 31.6 Å². The summed E-state index contributed by atoms with van der Waals surface area (Å²) in [7, 11) is 0. The second-order valence-corrected chi connectivity index (χ2v) is 7.88. The van der Waals surface area contributed by atoms with Gasteiger partial charge in [-0.05, 0) is 24.5 Å². The molecule has 0 bridgehead atoms. The minimum absolute atomic E-state index is 0.0714. The third kappa shape index (κ3) is 4.25. The van der Waals surface area contributed by atoms with E-state index in [1.165, 1.54) is 0 Å². The molecule has 1 aromatic carbocycles. The first-order valence-corrected chi connectivity index (χ1v) is 8.78. The molecule has 1 fully saturated rings. The van der Waals surface area contributed by atoms with Crippen LogP contribution < -0.4 is 5.32 Å². The summed E-state index contributed by atoms with van der Waals surface area (Å²) in [6, 6.07) is 7.65. The van der Waals surface area contributed by atoms with Crippen molar-refractivity contribution in [3.8, 4) is 11.4 Å². The maximum atomic E-state index is 12.7. The first-order chi connectivity index (χ1) is 11.8. The van der Waals surface area contributed by atoms with Gasteiger partial charge in [0.2, 0.25) is 11.7 Å². The van der Waals surface area contributed by atoms with Gasteiger partial charge in [0.05, 0.1) is 0 Å². The Labute approximate surface area is 148 Å². The van der Waals surface area contributed by atoms with Gasteiger partial charge in [0.15, 0.2) is 0 Å². The number of hydrogen-bond acceptors (Lipinski definition) is 5. The van der Waals surface area contributed by atoms with Crippen LogP contribution in [0.25, 0.3) is 11.4 Å². The molecule has 134 valence electrons. The van der Waals surface area contributed by atoms with E-state index in [1.807, 2.05) is 29.2 Å². The summed E-state index contributed by atoms with van der Waals surface area (Å²) >= 11 is 0. The molecule has 1 N–H and O–H groups in total. The lowest BCUT2D eigenvalue weighted by Crippen LogP contribution is -2.52. The van der Waals surface area contributed by atoms with E-state index in [4.69, 9.17) is 4.52 Å². The highest BCUT2D eigenvalue weighted by atomic mass is 16.5. The summed E-state index contributed by atoms with van der Waals surface area (Å²) < 4.78 is 5.34. The summed E-state index contributed by atoms with van der Waals surface area (Å²) in [5.41, 5.74) is 1.64. The molecule has 1 aromatic heterocycles. The highest BCUT2D eigenvalue weighted by molar-refractivity contribution is 5.95. The molecule has 0 saturated carbocycles. The number of hydrogen-bond donors (Lipinski definition) is 1. The van der Waals surface area contributed by atoms with Crippen LogP contribution in [-0.2, 0) is 6.42 Å². The summed E-state index contributed by atoms with van der Waals surface area (Å²) in [4.78, 5) is 19.0. The predicted molar refractivity (Wildman–Crippen MR) is 96.3 cm³/mol. The van der Waals surface area contributed by atoms with Crippen molar-refractivity contribution in [2.45, 2.75) is 40.2 Å². The Morgan fingerprint density at radius 1 is 1.32 bits per heavy atom. The Morgan fingerprint density at radius 2 is 2.04 bits per heavy atom. The van der Waals surface area contributed by atoms with Gasteiger partial charge in [-0.3, -0.25) is 4.79 Å². The molecule has 25 heavy (non-hydrogen) atoms. The Kier molecular flexibility index (Phi) is 4.90. The Hall–Kier alpha value is -2.21. The van der Waals surface area contributed by atoms with Crippen molar-refractivity contribution in [1.29, 1.82) is 0 Å². The maximum absolute atomic E-state index is 12.7. The van der Waals surface area contributed by atoms with Gasteiger partial charge in [0.1, 0.15) is 0 Å². The summed E-state index contributed by atoms with van der Waals surface area (Å²) in [5.74, 6) is 1.27. The quantitative estimate of drug-likeness (QED) is 0.929. The van der Waals surface area contributed by atoms with E-state index in [2.05, 4.69) is 43.2 Å². The number of amides is 1. The topological polar surface area (TPSA) is 71.3 Å². The van der Waals surface area contributed by atoms with Gasteiger partial charge in [-0.1, -0.05) is 38.1 Å². The zero-order valence-electron chi connectivity index (χ0n) is 15.4. The molecule has 0 aliphatic carbocycles. The highest BCUT2D eigenvalue weighted by Gasteiger charge is 2.24. The molecule has 0 radical (unpaired) electrons. The van der Waals surface area contributed by atoms with Gasteiger partial charge < -0.3 is 14.7 Å². The van der Waals surface area contributed by atoms with Crippen LogP contribution in [0.5, 0.6) is 0 Å². The molecule has 3 rings (SSSR count). The number of piperazine rings is 1. The van der Waals surface area contributed by atoms with Crippen LogP contribution in [-0.4, -0.2) is 46.6 Å². The van der Waals surface area contributed by atoms with Gasteiger partial charge in [0.25, 0.3) is 5.91 Å². The zero-order valence-corrected chi connectivity index (χ0v) is 15.4. The van der Waals surface area contributed by atoms with Crippen molar-refractivity contribution >= 4 is 5.91 Å². The highest BCUT2D eigenvalue weighted by Crippen LogP contribution is 2.22. The van der Waals surface area contributed by atoms with Gasteiger partial charge in [-0.2, -0.15) is 4.98 Å². The third-order valence-corrected chi connectivity index (χ3v) is 4.30. The van der Waals surface area contributed by atoms with Crippen LogP contribution in [0.1, 0.15) is 43.9 Å². The van der Waals surface area contributed by atoms with Crippen molar-refractivity contribution in [2.75, 3.05) is 19.6 Å². The van der Waals surface area contributed by atoms with Crippen LogP contribution in [0.2, 0.25) is 0 Å². The second-order valence-electron chi connectivity index (χ2n) is 7.88. The molecule has 1 aliphatic rings. The van der Waals surface area contributed by atoms with Crippen molar-refractivity contribution in [1.82, 2.24) is 20.4 Å². The minimum atomic E-state index is 0.0714. The number of carbonyl (C=O) groups excluding carboxylic acids is 1. The number of nitrogens with zero attached hydrogens (tertiary/aromatic N) is 3. The SMILES string of the molecule is C[C@@H]1CNCCN1C(=O)c1ccc(-c2noc(CC(C)(C)C)n2)cc1. The van der Waals surface area contributed by atoms with Crippen LogP contribution in [0, 0.1) is 5.41 Å². The lowest BCUT2D eigenvalue weighted by atomic mass is 9.92. The van der Waals surface area contributed by atoms with Crippen molar-refractivity contribution in [3.05, 3.63) is 35.7 Å². The van der Waals surface area contributed by atoms with Crippen LogP contribution in [0.15, 0.2) is 28.8 Å². The summed E-state index contributed by atoms with van der Waals surface area (Å²) in [5, 5.41) is 7.36. The Bertz CT molecular complexity index is 731. The molecule has 1 saturated heterocycles. The first kappa shape index (κ1) is 17.6. The smallest absolute Gasteiger partial charge is 0.254 e. The fourth-order valence-electron chi connectivity index (χ4n) is 2.97. The summed E-state index contributed by atoms with van der Waals surface area (Å²) in [6.07, 6.45) is 0.734. The van der Waals surface area contributed by atoms with Crippen molar-refractivity contribution < 1.29 is 9.32 Å². The molecule has 6 nitrogen and oxygen atoms in total. The van der Waals surface area contributed by atoms with Crippen LogP contribution in [0.4, 0.5) is 0 Å². The van der Waals surface area contributed by atoms with E-state index >= 15 is 0 Å². The fraction of sp³-hybridized carbons (Fsp3) is 0.526. The standard InChI is InChI=1S/C19H26N4O2/c1-13-12-20-9-10-23(13)18(24)15-7-5-14(6-8-15)17-21-16(25-22-17)11-19(2,3)4/h5-8,13,20H,9-12H2,1-4H3/t13-/m1/s1.